The summed E-state index contributed by atoms with van der Waals surface area (Å²) in [7, 11) is -4.68. The number of alkyl halides is 6. The van der Waals surface area contributed by atoms with Crippen LogP contribution in [0.15, 0.2) is 0 Å². The molecule has 0 aromatic carbocycles. The van der Waals surface area contributed by atoms with E-state index in [1.165, 1.54) is 11.9 Å². The van der Waals surface area contributed by atoms with Gasteiger partial charge in [0.1, 0.15) is 0 Å². The third kappa shape index (κ3) is 2.86. The van der Waals surface area contributed by atoms with Gasteiger partial charge in [-0.25, -0.2) is 8.42 Å². The molecular formula is C8H11F6N2O4S2-. The van der Waals surface area contributed by atoms with E-state index in [2.05, 4.69) is 0 Å². The molecule has 0 aromatic heterocycles. The second kappa shape index (κ2) is 5.89. The molecule has 1 aliphatic heterocycles. The summed E-state index contributed by atoms with van der Waals surface area (Å²) in [4.78, 5) is 1.50. The molecule has 0 amide bonds. The summed E-state index contributed by atoms with van der Waals surface area (Å²) in [6, 6.07) is 0. The fraction of sp³-hybridized carbons (Fsp3) is 1.00. The van der Waals surface area contributed by atoms with Gasteiger partial charge in [0.25, 0.3) is 10.0 Å². The highest BCUT2D eigenvalue weighted by Crippen LogP contribution is 2.50. The van der Waals surface area contributed by atoms with Crippen molar-refractivity contribution in [1.82, 2.24) is 9.21 Å². The topological polar surface area (TPSA) is 80.8 Å². The second-order valence-electron chi connectivity index (χ2n) is 4.55. The van der Waals surface area contributed by atoms with Gasteiger partial charge in [-0.15, -0.1) is 0 Å². The standard InChI is InChI=1S/C8H12F6N2O4S2/c1-15-2-4-16(5-3-15)22(19,20)8(13,14)6(9,10)7(11,12)21(17)18/h2-5H2,1H3,(H,17,18)/p-1. The molecule has 0 saturated carbocycles. The average Bonchev–Trinajstić information content (AvgIpc) is 2.38. The molecule has 0 bridgehead atoms. The molecule has 0 aliphatic carbocycles. The van der Waals surface area contributed by atoms with Gasteiger partial charge >= 0.3 is 16.4 Å². The minimum Gasteiger partial charge on any atom is -0.768 e. The lowest BCUT2D eigenvalue weighted by molar-refractivity contribution is -0.245. The van der Waals surface area contributed by atoms with Gasteiger partial charge in [-0.05, 0) is 7.05 Å². The van der Waals surface area contributed by atoms with E-state index in [1.54, 1.807) is 0 Å². The van der Waals surface area contributed by atoms with Crippen molar-refractivity contribution in [3.63, 3.8) is 0 Å². The quantitative estimate of drug-likeness (QED) is 0.507. The second-order valence-corrected chi connectivity index (χ2v) is 7.51. The lowest BCUT2D eigenvalue weighted by Crippen LogP contribution is -2.63. The van der Waals surface area contributed by atoms with E-state index in [0.717, 1.165) is 0 Å². The van der Waals surface area contributed by atoms with E-state index in [1.807, 2.05) is 0 Å². The summed E-state index contributed by atoms with van der Waals surface area (Å²) < 4.78 is 123. The first-order valence-electron chi connectivity index (χ1n) is 5.60. The highest BCUT2D eigenvalue weighted by molar-refractivity contribution is 7.90. The monoisotopic (exact) mass is 377 g/mol. The Labute approximate surface area is 124 Å². The molecule has 1 atom stereocenters. The van der Waals surface area contributed by atoms with Crippen molar-refractivity contribution in [3.05, 3.63) is 0 Å². The van der Waals surface area contributed by atoms with Crippen LogP contribution >= 0.6 is 0 Å². The number of rotatable bonds is 5. The Bertz CT molecular complexity index is 547. The van der Waals surface area contributed by atoms with Crippen LogP contribution in [-0.2, 0) is 21.1 Å². The van der Waals surface area contributed by atoms with Gasteiger partial charge < -0.3 is 9.45 Å². The van der Waals surface area contributed by atoms with Crippen molar-refractivity contribution in [3.8, 4) is 0 Å². The van der Waals surface area contributed by atoms with Crippen molar-refractivity contribution in [1.29, 1.82) is 0 Å². The van der Waals surface area contributed by atoms with Crippen LogP contribution in [0.2, 0.25) is 0 Å². The maximum Gasteiger partial charge on any atom is 0.428 e. The predicted octanol–water partition coefficient (Wildman–Crippen LogP) is 0.264. The molecule has 1 fully saturated rings. The Morgan fingerprint density at radius 2 is 1.41 bits per heavy atom. The highest BCUT2D eigenvalue weighted by atomic mass is 32.2. The summed E-state index contributed by atoms with van der Waals surface area (Å²) in [6.45, 7) is -1.39. The molecule has 0 aromatic rings. The molecular weight excluding hydrogens is 366 g/mol. The Morgan fingerprint density at radius 1 is 1.00 bits per heavy atom. The van der Waals surface area contributed by atoms with Gasteiger partial charge in [-0.1, -0.05) is 0 Å². The molecule has 14 heteroatoms. The third-order valence-electron chi connectivity index (χ3n) is 3.07. The summed E-state index contributed by atoms with van der Waals surface area (Å²) >= 11 is -4.94. The molecule has 1 rings (SSSR count). The Hall–Kier alpha value is -0.440. The van der Waals surface area contributed by atoms with Gasteiger partial charge in [-0.2, -0.15) is 30.6 Å². The first kappa shape index (κ1) is 19.6. The van der Waals surface area contributed by atoms with Gasteiger partial charge in [-0.3, -0.25) is 4.21 Å². The van der Waals surface area contributed by atoms with Crippen LogP contribution in [0.5, 0.6) is 0 Å². The van der Waals surface area contributed by atoms with Crippen molar-refractivity contribution >= 4 is 21.1 Å². The molecule has 132 valence electrons. The maximum absolute atomic E-state index is 13.6. The zero-order chi connectivity index (χ0) is 17.6. The first-order chi connectivity index (χ1) is 9.69. The van der Waals surface area contributed by atoms with Crippen LogP contribution in [0.1, 0.15) is 0 Å². The predicted molar refractivity (Wildman–Crippen MR) is 61.8 cm³/mol. The first-order valence-corrected chi connectivity index (χ1v) is 8.12. The molecule has 0 spiro atoms. The molecule has 22 heavy (non-hydrogen) atoms. The molecule has 1 heterocycles. The van der Waals surface area contributed by atoms with Crippen LogP contribution in [0.3, 0.4) is 0 Å². The minimum absolute atomic E-state index is 0.0648. The van der Waals surface area contributed by atoms with Gasteiger partial charge in [0.05, 0.1) is 0 Å². The number of halogens is 6. The van der Waals surface area contributed by atoms with Crippen LogP contribution in [0.25, 0.3) is 0 Å². The van der Waals surface area contributed by atoms with Crippen molar-refractivity contribution < 1.29 is 43.5 Å². The van der Waals surface area contributed by atoms with Gasteiger partial charge in [0, 0.05) is 37.3 Å². The molecule has 1 unspecified atom stereocenters. The van der Waals surface area contributed by atoms with Gasteiger partial charge in [0.15, 0.2) is 0 Å². The summed E-state index contributed by atoms with van der Waals surface area (Å²) in [5, 5.41) is -12.5. The minimum atomic E-state index is -6.63. The van der Waals surface area contributed by atoms with Crippen molar-refractivity contribution in [2.45, 2.75) is 16.4 Å². The summed E-state index contributed by atoms with van der Waals surface area (Å²) in [5.74, 6) is -6.63. The normalized spacial score (nSPS) is 21.8. The molecule has 6 nitrogen and oxygen atoms in total. The summed E-state index contributed by atoms with van der Waals surface area (Å²) in [5.41, 5.74) is 0. The zero-order valence-corrected chi connectivity index (χ0v) is 12.6. The smallest absolute Gasteiger partial charge is 0.428 e. The molecule has 1 saturated heterocycles. The van der Waals surface area contributed by atoms with Crippen LogP contribution in [0, 0.1) is 0 Å². The Morgan fingerprint density at radius 3 is 1.77 bits per heavy atom. The van der Waals surface area contributed by atoms with E-state index >= 15 is 0 Å². The lowest BCUT2D eigenvalue weighted by Gasteiger charge is -2.38. The molecule has 0 N–H and O–H groups in total. The maximum atomic E-state index is 13.6. The third-order valence-corrected chi connectivity index (χ3v) is 5.69. The Balaban J connectivity index is 3.24. The SMILES string of the molecule is CN1CCN(S(=O)(=O)C(F)(F)C(F)(F)C(F)(F)S(=O)[O-])CC1. The highest BCUT2D eigenvalue weighted by Gasteiger charge is 2.79. The van der Waals surface area contributed by atoms with Crippen LogP contribution < -0.4 is 0 Å². The molecule has 1 aliphatic rings. The molecule has 0 radical (unpaired) electrons. The van der Waals surface area contributed by atoms with E-state index < -0.39 is 50.6 Å². The van der Waals surface area contributed by atoms with Crippen molar-refractivity contribution in [2.75, 3.05) is 33.2 Å². The van der Waals surface area contributed by atoms with E-state index in [0.29, 0.717) is 0 Å². The fourth-order valence-electron chi connectivity index (χ4n) is 1.63. The number of likely N-dealkylation sites (N-methyl/N-ethyl adjacent to an activating group) is 1. The van der Waals surface area contributed by atoms with E-state index in [4.69, 9.17) is 0 Å². The number of sulfonamides is 1. The zero-order valence-electron chi connectivity index (χ0n) is 10.9. The average molecular weight is 377 g/mol. The largest absolute Gasteiger partial charge is 0.768 e. The number of nitrogens with zero attached hydrogens (tertiary/aromatic N) is 2. The van der Waals surface area contributed by atoms with E-state index in [9.17, 15) is 43.5 Å². The van der Waals surface area contributed by atoms with Gasteiger partial charge in [0.2, 0.25) is 0 Å². The number of hydrogen-bond donors (Lipinski definition) is 0. The number of piperazine rings is 1. The fourth-order valence-corrected chi connectivity index (χ4v) is 3.45. The summed E-state index contributed by atoms with van der Waals surface area (Å²) in [6.07, 6.45) is 0. The lowest BCUT2D eigenvalue weighted by atomic mass is 10.3. The van der Waals surface area contributed by atoms with Crippen molar-refractivity contribution in [2.24, 2.45) is 0 Å². The van der Waals surface area contributed by atoms with Crippen LogP contribution in [0.4, 0.5) is 26.3 Å². The van der Waals surface area contributed by atoms with E-state index in [-0.39, 0.29) is 17.4 Å². The van der Waals surface area contributed by atoms with Crippen LogP contribution in [-0.4, -0.2) is 76.0 Å². The Kier molecular flexibility index (Phi) is 5.24. The number of hydrogen-bond acceptors (Lipinski definition) is 5.